The minimum atomic E-state index is 0.0290. The SMILES string of the molecule is c1ccc(-c2nc(-c3ccc(-c4ccc5sc6ccccc6c5c4)cc3)nc(-c3ccc4c(c3)C3(c5c-4ccc4ccccc54)C4CC5CC(C4)CC3C5)n2)cc1. The van der Waals surface area contributed by atoms with E-state index in [9.17, 15) is 0 Å². The largest absolute Gasteiger partial charge is 0.208 e. The third-order valence-electron chi connectivity index (χ3n) is 14.3. The summed E-state index contributed by atoms with van der Waals surface area (Å²) in [6.45, 7) is 0. The van der Waals surface area contributed by atoms with Crippen LogP contribution in [0.1, 0.15) is 43.2 Å². The fourth-order valence-electron chi connectivity index (χ4n) is 12.2. The molecule has 2 heterocycles. The predicted octanol–water partition coefficient (Wildman–Crippen LogP) is 13.8. The van der Waals surface area contributed by atoms with Gasteiger partial charge in [-0.25, -0.2) is 15.0 Å². The van der Waals surface area contributed by atoms with E-state index in [2.05, 4.69) is 146 Å². The maximum absolute atomic E-state index is 5.30. The summed E-state index contributed by atoms with van der Waals surface area (Å²) in [5, 5.41) is 5.44. The highest BCUT2D eigenvalue weighted by Crippen LogP contribution is 2.70. The van der Waals surface area contributed by atoms with E-state index in [0.717, 1.165) is 34.4 Å². The maximum atomic E-state index is 5.30. The van der Waals surface area contributed by atoms with E-state index < -0.39 is 0 Å². The summed E-state index contributed by atoms with van der Waals surface area (Å²) < 4.78 is 2.65. The topological polar surface area (TPSA) is 38.7 Å². The van der Waals surface area contributed by atoms with Crippen LogP contribution >= 0.6 is 11.3 Å². The summed E-state index contributed by atoms with van der Waals surface area (Å²) in [5.74, 6) is 5.24. The quantitative estimate of drug-likeness (QED) is 0.180. The van der Waals surface area contributed by atoms with Gasteiger partial charge in [0, 0.05) is 42.3 Å². The molecule has 0 amide bonds. The van der Waals surface area contributed by atoms with Crippen molar-refractivity contribution in [2.24, 2.45) is 23.7 Å². The summed E-state index contributed by atoms with van der Waals surface area (Å²) >= 11 is 1.86. The van der Waals surface area contributed by atoms with Crippen molar-refractivity contribution in [2.75, 3.05) is 0 Å². The van der Waals surface area contributed by atoms with E-state index in [1.165, 1.54) is 90.9 Å². The summed E-state index contributed by atoms with van der Waals surface area (Å²) in [4.78, 5) is 15.7. The van der Waals surface area contributed by atoms with Crippen LogP contribution in [0.15, 0.2) is 152 Å². The molecule has 272 valence electrons. The Balaban J connectivity index is 0.952. The van der Waals surface area contributed by atoms with Gasteiger partial charge in [0.05, 0.1) is 0 Å². The van der Waals surface area contributed by atoms with Crippen molar-refractivity contribution < 1.29 is 0 Å². The van der Waals surface area contributed by atoms with E-state index >= 15 is 0 Å². The number of rotatable bonds is 4. The van der Waals surface area contributed by atoms with Gasteiger partial charge < -0.3 is 0 Å². The zero-order valence-electron chi connectivity index (χ0n) is 31.5. The molecule has 0 unspecified atom stereocenters. The number of fused-ring (bicyclic) bond motifs is 8. The summed E-state index contributed by atoms with van der Waals surface area (Å²) in [6, 6.07) is 55.8. The highest BCUT2D eigenvalue weighted by atomic mass is 32.1. The van der Waals surface area contributed by atoms with E-state index in [1.807, 2.05) is 17.4 Å². The lowest BCUT2D eigenvalue weighted by Crippen LogP contribution is -2.55. The van der Waals surface area contributed by atoms with Crippen LogP contribution in [0.4, 0.5) is 0 Å². The van der Waals surface area contributed by atoms with Gasteiger partial charge in [0.2, 0.25) is 0 Å². The Kier molecular flexibility index (Phi) is 6.78. The lowest BCUT2D eigenvalue weighted by Gasteiger charge is -2.61. The number of nitrogens with zero attached hydrogens (tertiary/aromatic N) is 3. The smallest absolute Gasteiger partial charge is 0.164 e. The zero-order chi connectivity index (χ0) is 37.2. The predicted molar refractivity (Wildman–Crippen MR) is 235 cm³/mol. The van der Waals surface area contributed by atoms with E-state index in [1.54, 1.807) is 5.56 Å². The molecule has 5 aliphatic rings. The van der Waals surface area contributed by atoms with Gasteiger partial charge in [-0.2, -0.15) is 0 Å². The van der Waals surface area contributed by atoms with E-state index in [4.69, 9.17) is 15.0 Å². The second-order valence-corrected chi connectivity index (χ2v) is 18.3. The molecule has 9 aromatic rings. The third-order valence-corrected chi connectivity index (χ3v) is 15.5. The summed E-state index contributed by atoms with van der Waals surface area (Å²) in [6.07, 6.45) is 6.83. The lowest BCUT2D eigenvalue weighted by atomic mass is 9.43. The summed E-state index contributed by atoms with van der Waals surface area (Å²) in [7, 11) is 0. The fourth-order valence-corrected chi connectivity index (χ4v) is 13.3. The molecule has 5 aliphatic carbocycles. The van der Waals surface area contributed by atoms with Crippen molar-refractivity contribution in [1.82, 2.24) is 15.0 Å². The first-order chi connectivity index (χ1) is 28.2. The van der Waals surface area contributed by atoms with Gasteiger partial charge >= 0.3 is 0 Å². The Bertz CT molecular complexity index is 3060. The van der Waals surface area contributed by atoms with Crippen LogP contribution in [0.25, 0.3) is 87.4 Å². The Morgan fingerprint density at radius 1 is 0.421 bits per heavy atom. The Labute approximate surface area is 336 Å². The Hall–Kier alpha value is -5.97. The van der Waals surface area contributed by atoms with E-state index in [0.29, 0.717) is 23.5 Å². The van der Waals surface area contributed by atoms with E-state index in [-0.39, 0.29) is 5.41 Å². The standard InChI is InChI=1S/C53H39N3S/c1-2-9-35(10-3-1)50-54-51(36-16-14-33(15-17-36)37-20-23-48-45(29-37)43-12-6-7-13-47(43)57-48)56-52(55-50)38-19-21-42-44-22-18-34-8-4-5-11-41(34)49(44)53(46(42)30-38)39-25-31-24-32(27-39)28-40(53)26-31/h1-23,29-32,39-40H,24-28H2. The third kappa shape index (κ3) is 4.68. The number of hydrogen-bond donors (Lipinski definition) is 0. The second kappa shape index (κ2) is 12.0. The monoisotopic (exact) mass is 749 g/mol. The van der Waals surface area contributed by atoms with Crippen LogP contribution in [-0.2, 0) is 5.41 Å². The van der Waals surface area contributed by atoms with Gasteiger partial charge in [0.15, 0.2) is 17.5 Å². The molecule has 0 atom stereocenters. The average Bonchev–Trinajstić information content (AvgIpc) is 3.79. The highest BCUT2D eigenvalue weighted by Gasteiger charge is 2.62. The molecule has 57 heavy (non-hydrogen) atoms. The van der Waals surface area contributed by atoms with Crippen molar-refractivity contribution in [3.63, 3.8) is 0 Å². The first-order valence-electron chi connectivity index (χ1n) is 20.7. The van der Waals surface area contributed by atoms with Gasteiger partial charge in [-0.1, -0.05) is 127 Å². The highest BCUT2D eigenvalue weighted by molar-refractivity contribution is 7.25. The molecular weight excluding hydrogens is 711 g/mol. The van der Waals surface area contributed by atoms with Gasteiger partial charge in [0.25, 0.3) is 0 Å². The number of thiophene rings is 1. The van der Waals surface area contributed by atoms with Crippen LogP contribution in [-0.4, -0.2) is 15.0 Å². The number of aromatic nitrogens is 3. The zero-order valence-corrected chi connectivity index (χ0v) is 32.3. The molecule has 3 nitrogen and oxygen atoms in total. The average molecular weight is 750 g/mol. The Morgan fingerprint density at radius 3 is 1.77 bits per heavy atom. The van der Waals surface area contributed by atoms with Gasteiger partial charge in [0.1, 0.15) is 0 Å². The van der Waals surface area contributed by atoms with Gasteiger partial charge in [-0.3, -0.25) is 0 Å². The van der Waals surface area contributed by atoms with Gasteiger partial charge in [-0.05, 0) is 124 Å². The first-order valence-corrected chi connectivity index (χ1v) is 21.5. The molecule has 0 aliphatic heterocycles. The molecule has 4 saturated carbocycles. The molecule has 0 N–H and O–H groups in total. The van der Waals surface area contributed by atoms with Crippen LogP contribution in [0, 0.1) is 23.7 Å². The molecule has 4 bridgehead atoms. The molecule has 14 rings (SSSR count). The normalized spacial score (nSPS) is 22.8. The number of hydrogen-bond acceptors (Lipinski definition) is 4. The minimum absolute atomic E-state index is 0.0290. The van der Waals surface area contributed by atoms with Crippen LogP contribution in [0.5, 0.6) is 0 Å². The molecule has 1 spiro atoms. The van der Waals surface area contributed by atoms with Crippen LogP contribution in [0.3, 0.4) is 0 Å². The van der Waals surface area contributed by atoms with Gasteiger partial charge in [-0.15, -0.1) is 11.3 Å². The lowest BCUT2D eigenvalue weighted by molar-refractivity contribution is -0.0393. The summed E-state index contributed by atoms with van der Waals surface area (Å²) in [5.41, 5.74) is 11.5. The molecule has 7 aromatic carbocycles. The minimum Gasteiger partial charge on any atom is -0.208 e. The van der Waals surface area contributed by atoms with Crippen molar-refractivity contribution >= 4 is 42.3 Å². The molecular formula is C53H39N3S. The number of benzene rings is 7. The molecule has 4 fully saturated rings. The Morgan fingerprint density at radius 2 is 1.00 bits per heavy atom. The van der Waals surface area contributed by atoms with Crippen LogP contribution in [0.2, 0.25) is 0 Å². The van der Waals surface area contributed by atoms with Crippen molar-refractivity contribution in [3.05, 3.63) is 163 Å². The molecule has 2 aromatic heterocycles. The van der Waals surface area contributed by atoms with Crippen molar-refractivity contribution in [2.45, 2.75) is 37.5 Å². The van der Waals surface area contributed by atoms with Crippen molar-refractivity contribution in [3.8, 4) is 56.4 Å². The van der Waals surface area contributed by atoms with Crippen molar-refractivity contribution in [1.29, 1.82) is 0 Å². The fraction of sp³-hybridized carbons (Fsp3) is 0.189. The molecule has 0 radical (unpaired) electrons. The molecule has 4 heteroatoms. The maximum Gasteiger partial charge on any atom is 0.164 e. The molecule has 0 saturated heterocycles. The second-order valence-electron chi connectivity index (χ2n) is 17.2. The first kappa shape index (κ1) is 32.2. The van der Waals surface area contributed by atoms with Crippen LogP contribution < -0.4 is 0 Å².